The molecule has 1 saturated carbocycles. The molecule has 2 atom stereocenters. The van der Waals surface area contributed by atoms with Crippen LogP contribution in [0.15, 0.2) is 94.8 Å². The van der Waals surface area contributed by atoms with Gasteiger partial charge in [-0.3, -0.25) is 4.79 Å². The molecule has 3 heterocycles. The van der Waals surface area contributed by atoms with Gasteiger partial charge in [-0.25, -0.2) is 24.0 Å². The lowest BCUT2D eigenvalue weighted by molar-refractivity contribution is -0.291. The third-order valence-corrected chi connectivity index (χ3v) is 9.69. The molecule has 0 bridgehead atoms. The molecule has 2 aliphatic carbocycles. The Labute approximate surface area is 312 Å². The van der Waals surface area contributed by atoms with E-state index in [4.69, 9.17) is 28.4 Å². The van der Waals surface area contributed by atoms with E-state index in [1.807, 2.05) is 20.8 Å². The first-order valence-electron chi connectivity index (χ1n) is 17.9. The number of aliphatic hydroxyl groups is 2. The summed E-state index contributed by atoms with van der Waals surface area (Å²) in [5.74, 6) is -9.78. The second-order valence-electron chi connectivity index (χ2n) is 14.3. The maximum Gasteiger partial charge on any atom is 0.348 e. The van der Waals surface area contributed by atoms with Gasteiger partial charge in [0.1, 0.15) is 22.5 Å². The van der Waals surface area contributed by atoms with Crippen LogP contribution >= 0.6 is 0 Å². The second-order valence-corrected chi connectivity index (χ2v) is 14.3. The molecule has 0 aromatic rings. The van der Waals surface area contributed by atoms with Crippen molar-refractivity contribution in [2.24, 2.45) is 5.41 Å². The van der Waals surface area contributed by atoms with Crippen LogP contribution in [0.1, 0.15) is 91.9 Å². The summed E-state index contributed by atoms with van der Waals surface area (Å²) < 4.78 is 32.7. The Morgan fingerprint density at radius 1 is 0.556 bits per heavy atom. The van der Waals surface area contributed by atoms with Gasteiger partial charge in [0, 0.05) is 51.9 Å². The van der Waals surface area contributed by atoms with Crippen molar-refractivity contribution in [1.29, 1.82) is 0 Å². The average molecular weight is 749 g/mol. The van der Waals surface area contributed by atoms with Gasteiger partial charge >= 0.3 is 29.8 Å². The summed E-state index contributed by atoms with van der Waals surface area (Å²) in [7, 11) is 0. The Bertz CT molecular complexity index is 1680. The van der Waals surface area contributed by atoms with Gasteiger partial charge in [0.2, 0.25) is 0 Å². The van der Waals surface area contributed by atoms with Crippen molar-refractivity contribution in [1.82, 2.24) is 0 Å². The van der Waals surface area contributed by atoms with Crippen LogP contribution in [-0.4, -0.2) is 63.2 Å². The molecular weight excluding hydrogens is 704 g/mol. The zero-order valence-electron chi connectivity index (χ0n) is 30.6. The number of Topliss-reactive ketones (excluding diaryl/α,β-unsaturated/α-hetero) is 1. The summed E-state index contributed by atoms with van der Waals surface area (Å²) in [5.41, 5.74) is -1.01. The highest BCUT2D eigenvalue weighted by atomic mass is 16.8. The van der Waals surface area contributed by atoms with Crippen molar-refractivity contribution in [2.45, 2.75) is 109 Å². The first-order valence-corrected chi connectivity index (χ1v) is 17.9. The van der Waals surface area contributed by atoms with Crippen LogP contribution in [-0.2, 0) is 57.2 Å². The highest BCUT2D eigenvalue weighted by molar-refractivity contribution is 6.16. The third-order valence-electron chi connectivity index (χ3n) is 9.69. The summed E-state index contributed by atoms with van der Waals surface area (Å²) in [6.45, 7) is 7.43. The van der Waals surface area contributed by atoms with E-state index < -0.39 is 58.7 Å². The fourth-order valence-corrected chi connectivity index (χ4v) is 7.02. The largest absolute Gasteiger partial charge is 0.512 e. The third kappa shape index (κ3) is 8.75. The first-order chi connectivity index (χ1) is 25.5. The Morgan fingerprint density at radius 3 is 1.44 bits per heavy atom. The maximum atomic E-state index is 12.9. The summed E-state index contributed by atoms with van der Waals surface area (Å²) in [6, 6.07) is 0. The molecule has 2 saturated heterocycles. The van der Waals surface area contributed by atoms with Crippen molar-refractivity contribution < 1.29 is 67.4 Å². The van der Waals surface area contributed by atoms with Crippen LogP contribution in [0.3, 0.4) is 0 Å². The monoisotopic (exact) mass is 748 g/mol. The van der Waals surface area contributed by atoms with Crippen molar-refractivity contribution in [3.63, 3.8) is 0 Å². The number of ketones is 1. The Balaban J connectivity index is 1.13. The molecule has 2 N–H and O–H groups in total. The Morgan fingerprint density at radius 2 is 1.02 bits per heavy atom. The number of hydrogen-bond donors (Lipinski definition) is 2. The zero-order valence-corrected chi connectivity index (χ0v) is 30.6. The molecule has 14 nitrogen and oxygen atoms in total. The Kier molecular flexibility index (Phi) is 11.5. The fourth-order valence-electron chi connectivity index (χ4n) is 7.02. The zero-order chi connectivity index (χ0) is 39.3. The lowest BCUT2D eigenvalue weighted by Crippen LogP contribution is -2.56. The van der Waals surface area contributed by atoms with Crippen LogP contribution in [0, 0.1) is 5.41 Å². The predicted octanol–water partition coefficient (Wildman–Crippen LogP) is 6.07. The highest BCUT2D eigenvalue weighted by Crippen LogP contribution is 2.45. The normalized spacial score (nSPS) is 30.7. The van der Waals surface area contributed by atoms with Gasteiger partial charge in [-0.2, -0.15) is 0 Å². The van der Waals surface area contributed by atoms with Crippen molar-refractivity contribution >= 4 is 35.6 Å². The first kappa shape index (κ1) is 39.5. The maximum absolute atomic E-state index is 12.9. The second kappa shape index (κ2) is 15.7. The van der Waals surface area contributed by atoms with E-state index in [0.717, 1.165) is 18.9 Å². The van der Waals surface area contributed by atoms with Crippen molar-refractivity contribution in [3.8, 4) is 0 Å². The number of cyclic esters (lactones) is 1. The van der Waals surface area contributed by atoms with E-state index in [1.165, 1.54) is 54.7 Å². The number of esters is 5. The predicted molar refractivity (Wildman–Crippen MR) is 188 cm³/mol. The van der Waals surface area contributed by atoms with Gasteiger partial charge < -0.3 is 38.6 Å². The van der Waals surface area contributed by atoms with Gasteiger partial charge in [-0.15, -0.1) is 0 Å². The number of aliphatic hydroxyl groups excluding tert-OH is 2. The minimum absolute atomic E-state index is 0.0361. The minimum atomic E-state index is -1.65. The number of carbonyl (C=O) groups is 6. The van der Waals surface area contributed by atoms with Crippen molar-refractivity contribution in [3.05, 3.63) is 94.8 Å². The number of carbonyl (C=O) groups excluding carboxylic acids is 6. The Hall–Kier alpha value is -5.66. The van der Waals surface area contributed by atoms with Gasteiger partial charge in [-0.1, -0.05) is 63.6 Å². The quantitative estimate of drug-likeness (QED) is 0.0858. The molecular formula is C40H44O14. The molecule has 0 aromatic carbocycles. The molecule has 0 amide bonds. The molecule has 288 valence electrons. The van der Waals surface area contributed by atoms with Crippen LogP contribution < -0.4 is 0 Å². The van der Waals surface area contributed by atoms with Crippen molar-refractivity contribution in [2.75, 3.05) is 0 Å². The average Bonchev–Trinajstić information content (AvgIpc) is 3.06. The van der Waals surface area contributed by atoms with Gasteiger partial charge in [0.25, 0.3) is 23.3 Å². The number of ether oxygens (including phenoxy) is 6. The van der Waals surface area contributed by atoms with Crippen LogP contribution in [0.4, 0.5) is 0 Å². The molecule has 0 aromatic heterocycles. The smallest absolute Gasteiger partial charge is 0.348 e. The van der Waals surface area contributed by atoms with Gasteiger partial charge in [-0.05, 0) is 42.6 Å². The number of rotatable bonds is 10. The molecule has 2 spiro atoms. The summed E-state index contributed by atoms with van der Waals surface area (Å²) in [6.07, 6.45) is 16.7. The molecule has 54 heavy (non-hydrogen) atoms. The van der Waals surface area contributed by atoms with Crippen LogP contribution in [0.2, 0.25) is 0 Å². The molecule has 5 aliphatic rings. The summed E-state index contributed by atoms with van der Waals surface area (Å²) in [4.78, 5) is 76.4. The fraction of sp³-hybridized carbons (Fsp3) is 0.450. The van der Waals surface area contributed by atoms with E-state index in [-0.39, 0.29) is 59.4 Å². The van der Waals surface area contributed by atoms with E-state index in [0.29, 0.717) is 25.7 Å². The van der Waals surface area contributed by atoms with Crippen LogP contribution in [0.5, 0.6) is 0 Å². The lowest BCUT2D eigenvalue weighted by atomic mass is 9.72. The molecule has 3 aliphatic heterocycles. The molecule has 0 radical (unpaired) electrons. The molecule has 14 heteroatoms. The summed E-state index contributed by atoms with van der Waals surface area (Å²) in [5, 5.41) is 20.6. The minimum Gasteiger partial charge on any atom is -0.512 e. The molecule has 5 rings (SSSR count). The highest BCUT2D eigenvalue weighted by Gasteiger charge is 2.56. The SMILES string of the molecule is CCCC1(C)CC(=O)C(/C=C/C=C/C=C2C(=O)OC3(CCC4(CC3)OC(=O)C(=C/C=C/C=C/C3=C(O)OC(C)(CCC)OC3=O)C(=O)O4)OC2=O)=C(O)C1. The lowest BCUT2D eigenvalue weighted by Gasteiger charge is -2.45. The standard InChI is InChI=1S/C40H44O14/c1-5-17-37(3)23-29(41)25(30(42)24-37)13-9-7-10-15-27-33(45)51-39(52-34(27)46)19-21-40(22-20-39)53-35(47)28(36(48)54-40)16-12-8-11-14-26-31(43)49-38(4,18-6-2)50-32(26)44/h7-16,41,43H,5-6,17-24H2,1-4H3/b10-7+,12-8+,13-9+,14-11+,27-15?,28-16?. The van der Waals surface area contributed by atoms with E-state index in [2.05, 4.69) is 0 Å². The number of hydrogen-bond acceptors (Lipinski definition) is 14. The molecule has 3 fully saturated rings. The topological polar surface area (TPSA) is 198 Å². The number of allylic oxidation sites excluding steroid dienone is 11. The van der Waals surface area contributed by atoms with Crippen LogP contribution in [0.25, 0.3) is 0 Å². The van der Waals surface area contributed by atoms with Gasteiger partial charge in [0.15, 0.2) is 5.78 Å². The molecule has 2 unspecified atom stereocenters. The van der Waals surface area contributed by atoms with E-state index in [1.54, 1.807) is 6.92 Å². The van der Waals surface area contributed by atoms with E-state index in [9.17, 15) is 39.0 Å². The summed E-state index contributed by atoms with van der Waals surface area (Å²) >= 11 is 0. The van der Waals surface area contributed by atoms with E-state index >= 15 is 0 Å². The van der Waals surface area contributed by atoms with Gasteiger partial charge in [0.05, 0.1) is 5.57 Å².